The normalized spacial score (nSPS) is 16.8. The largest absolute Gasteiger partial charge is 0.285 e. The molecule has 1 heterocycles. The molecular weight excluding hydrogens is 160 g/mol. The molecule has 1 fully saturated rings. The average molecular weight is 178 g/mol. The molecule has 0 atom stereocenters. The van der Waals surface area contributed by atoms with Crippen molar-refractivity contribution < 1.29 is 0 Å². The molecule has 0 bridgehead atoms. The molecule has 0 saturated heterocycles. The third kappa shape index (κ3) is 2.11. The molecule has 1 N–H and O–H groups in total. The third-order valence-corrected chi connectivity index (χ3v) is 2.73. The minimum Gasteiger partial charge on any atom is -0.285 e. The summed E-state index contributed by atoms with van der Waals surface area (Å²) in [6.45, 7) is 4.53. The summed E-state index contributed by atoms with van der Waals surface area (Å²) >= 11 is 0. The van der Waals surface area contributed by atoms with Crippen molar-refractivity contribution in [1.82, 2.24) is 10.2 Å². The number of hydrogen-bond acceptors (Lipinski definition) is 1. The molecule has 1 aliphatic carbocycles. The van der Waals surface area contributed by atoms with E-state index in [0.29, 0.717) is 0 Å². The van der Waals surface area contributed by atoms with Crippen molar-refractivity contribution >= 4 is 0 Å². The van der Waals surface area contributed by atoms with Gasteiger partial charge in [-0.25, -0.2) is 0 Å². The van der Waals surface area contributed by atoms with Crippen LogP contribution in [0.3, 0.4) is 0 Å². The summed E-state index contributed by atoms with van der Waals surface area (Å²) in [6.07, 6.45) is 7.23. The fraction of sp³-hybridized carbons (Fsp3) is 0.727. The standard InChI is InChI=1S/C11H18N2/c1-8(2)3-6-11-10(7-12-13-11)9-4-5-9/h7-9H,3-6H2,1-2H3,(H,12,13). The van der Waals surface area contributed by atoms with Crippen LogP contribution in [0.25, 0.3) is 0 Å². The van der Waals surface area contributed by atoms with Crippen LogP contribution in [0.5, 0.6) is 0 Å². The molecule has 1 aromatic heterocycles. The molecule has 72 valence electrons. The van der Waals surface area contributed by atoms with Crippen LogP contribution in [0, 0.1) is 5.92 Å². The van der Waals surface area contributed by atoms with Crippen molar-refractivity contribution in [3.05, 3.63) is 17.5 Å². The van der Waals surface area contributed by atoms with E-state index in [1.165, 1.54) is 30.5 Å². The van der Waals surface area contributed by atoms with Gasteiger partial charge in [-0.2, -0.15) is 5.10 Å². The SMILES string of the molecule is CC(C)CCc1n[nH]cc1C1CC1. The predicted molar refractivity (Wildman–Crippen MR) is 53.7 cm³/mol. The lowest BCUT2D eigenvalue weighted by molar-refractivity contribution is 0.579. The Hall–Kier alpha value is -0.790. The molecule has 13 heavy (non-hydrogen) atoms. The summed E-state index contributed by atoms with van der Waals surface area (Å²) in [7, 11) is 0. The lowest BCUT2D eigenvalue weighted by Gasteiger charge is -2.03. The first-order chi connectivity index (χ1) is 6.27. The zero-order valence-electron chi connectivity index (χ0n) is 8.51. The number of hydrogen-bond donors (Lipinski definition) is 1. The Morgan fingerprint density at radius 1 is 1.54 bits per heavy atom. The van der Waals surface area contributed by atoms with Gasteiger partial charge in [-0.3, -0.25) is 5.10 Å². The van der Waals surface area contributed by atoms with Crippen molar-refractivity contribution in [3.63, 3.8) is 0 Å². The topological polar surface area (TPSA) is 28.7 Å². The fourth-order valence-electron chi connectivity index (χ4n) is 1.70. The van der Waals surface area contributed by atoms with Gasteiger partial charge >= 0.3 is 0 Å². The summed E-state index contributed by atoms with van der Waals surface area (Å²) in [5.41, 5.74) is 2.80. The van der Waals surface area contributed by atoms with Crippen LogP contribution in [-0.4, -0.2) is 10.2 Å². The van der Waals surface area contributed by atoms with Crippen molar-refractivity contribution in [1.29, 1.82) is 0 Å². The van der Waals surface area contributed by atoms with E-state index in [1.54, 1.807) is 0 Å². The second-order valence-electron chi connectivity index (χ2n) is 4.49. The number of nitrogens with one attached hydrogen (secondary N) is 1. The highest BCUT2D eigenvalue weighted by Crippen LogP contribution is 2.41. The molecule has 0 radical (unpaired) electrons. The van der Waals surface area contributed by atoms with E-state index in [4.69, 9.17) is 0 Å². The molecule has 2 nitrogen and oxygen atoms in total. The summed E-state index contributed by atoms with van der Waals surface area (Å²) in [6, 6.07) is 0. The average Bonchev–Trinajstić information content (AvgIpc) is 2.82. The first-order valence-corrected chi connectivity index (χ1v) is 5.30. The highest BCUT2D eigenvalue weighted by Gasteiger charge is 2.27. The van der Waals surface area contributed by atoms with E-state index < -0.39 is 0 Å². The quantitative estimate of drug-likeness (QED) is 0.754. The van der Waals surface area contributed by atoms with Crippen molar-refractivity contribution in [2.45, 2.75) is 45.4 Å². The van der Waals surface area contributed by atoms with Crippen molar-refractivity contribution in [2.75, 3.05) is 0 Å². The van der Waals surface area contributed by atoms with Crippen LogP contribution in [-0.2, 0) is 6.42 Å². The number of rotatable bonds is 4. The number of aromatic nitrogens is 2. The molecule has 1 aliphatic rings. The summed E-state index contributed by atoms with van der Waals surface area (Å²) in [5.74, 6) is 1.62. The lowest BCUT2D eigenvalue weighted by Crippen LogP contribution is -1.95. The molecule has 0 spiro atoms. The molecule has 2 heteroatoms. The van der Waals surface area contributed by atoms with Gasteiger partial charge in [0.2, 0.25) is 0 Å². The third-order valence-electron chi connectivity index (χ3n) is 2.73. The summed E-state index contributed by atoms with van der Waals surface area (Å²) < 4.78 is 0. The highest BCUT2D eigenvalue weighted by atomic mass is 15.1. The van der Waals surface area contributed by atoms with Gasteiger partial charge in [0.25, 0.3) is 0 Å². The second kappa shape index (κ2) is 3.52. The maximum Gasteiger partial charge on any atom is 0.0656 e. The van der Waals surface area contributed by atoms with Crippen LogP contribution in [0.1, 0.15) is 50.3 Å². The Morgan fingerprint density at radius 3 is 2.92 bits per heavy atom. The van der Waals surface area contributed by atoms with Gasteiger partial charge in [-0.15, -0.1) is 0 Å². The Morgan fingerprint density at radius 2 is 2.31 bits per heavy atom. The first-order valence-electron chi connectivity index (χ1n) is 5.30. The molecule has 0 aromatic carbocycles. The molecule has 0 aliphatic heterocycles. The number of nitrogens with zero attached hydrogens (tertiary/aromatic N) is 1. The van der Waals surface area contributed by atoms with Crippen LogP contribution in [0.4, 0.5) is 0 Å². The molecule has 0 unspecified atom stereocenters. The van der Waals surface area contributed by atoms with E-state index in [1.807, 2.05) is 0 Å². The highest BCUT2D eigenvalue weighted by molar-refractivity contribution is 5.25. The number of H-pyrrole nitrogens is 1. The molecule has 2 rings (SSSR count). The van der Waals surface area contributed by atoms with E-state index in [0.717, 1.165) is 18.3 Å². The van der Waals surface area contributed by atoms with E-state index in [2.05, 4.69) is 30.2 Å². The number of aryl methyl sites for hydroxylation is 1. The van der Waals surface area contributed by atoms with Crippen molar-refractivity contribution in [2.24, 2.45) is 5.92 Å². The van der Waals surface area contributed by atoms with Gasteiger partial charge in [0.15, 0.2) is 0 Å². The van der Waals surface area contributed by atoms with E-state index in [-0.39, 0.29) is 0 Å². The molecule has 0 amide bonds. The van der Waals surface area contributed by atoms with Crippen LogP contribution in [0.2, 0.25) is 0 Å². The minimum absolute atomic E-state index is 0.781. The monoisotopic (exact) mass is 178 g/mol. The van der Waals surface area contributed by atoms with E-state index >= 15 is 0 Å². The van der Waals surface area contributed by atoms with Crippen LogP contribution < -0.4 is 0 Å². The number of aromatic amines is 1. The summed E-state index contributed by atoms with van der Waals surface area (Å²) in [4.78, 5) is 0. The zero-order valence-corrected chi connectivity index (χ0v) is 8.51. The van der Waals surface area contributed by atoms with Gasteiger partial charge in [-0.1, -0.05) is 13.8 Å². The summed E-state index contributed by atoms with van der Waals surface area (Å²) in [5, 5.41) is 7.32. The van der Waals surface area contributed by atoms with Gasteiger partial charge in [0, 0.05) is 6.20 Å². The lowest BCUT2D eigenvalue weighted by atomic mass is 10.0. The fourth-order valence-corrected chi connectivity index (χ4v) is 1.70. The van der Waals surface area contributed by atoms with Gasteiger partial charge in [0.1, 0.15) is 0 Å². The predicted octanol–water partition coefficient (Wildman–Crippen LogP) is 2.88. The van der Waals surface area contributed by atoms with Crippen LogP contribution >= 0.6 is 0 Å². The zero-order chi connectivity index (χ0) is 9.26. The maximum absolute atomic E-state index is 4.32. The Bertz CT molecular complexity index is 271. The smallest absolute Gasteiger partial charge is 0.0656 e. The minimum atomic E-state index is 0.781. The second-order valence-corrected chi connectivity index (χ2v) is 4.49. The molecule has 1 aromatic rings. The Kier molecular flexibility index (Phi) is 2.38. The maximum atomic E-state index is 4.32. The van der Waals surface area contributed by atoms with Crippen LogP contribution in [0.15, 0.2) is 6.20 Å². The Labute approximate surface area is 79.7 Å². The van der Waals surface area contributed by atoms with Gasteiger partial charge < -0.3 is 0 Å². The Balaban J connectivity index is 1.98. The van der Waals surface area contributed by atoms with Gasteiger partial charge in [0.05, 0.1) is 5.69 Å². The molecular formula is C11H18N2. The van der Waals surface area contributed by atoms with Gasteiger partial charge in [-0.05, 0) is 43.1 Å². The van der Waals surface area contributed by atoms with Crippen molar-refractivity contribution in [3.8, 4) is 0 Å². The molecule has 1 saturated carbocycles. The first kappa shape index (κ1) is 8.79. The van der Waals surface area contributed by atoms with E-state index in [9.17, 15) is 0 Å².